The van der Waals surface area contributed by atoms with Gasteiger partial charge in [-0.15, -0.1) is 0 Å². The van der Waals surface area contributed by atoms with E-state index in [1.165, 1.54) is 92.7 Å². The van der Waals surface area contributed by atoms with Crippen molar-refractivity contribution in [1.82, 2.24) is 9.13 Å². The van der Waals surface area contributed by atoms with E-state index in [1.807, 2.05) is 0 Å². The molecule has 0 aliphatic rings. The number of nitrogens with zero attached hydrogens (tertiary/aromatic N) is 2. The fourth-order valence-electron chi connectivity index (χ4n) is 12.5. The monoisotopic (exact) mass is 952 g/mol. The Morgan fingerprint density at radius 2 is 0.627 bits per heavy atom. The molecule has 0 unspecified atom stereocenters. The van der Waals surface area contributed by atoms with Crippen molar-refractivity contribution in [3.05, 3.63) is 267 Å². The van der Waals surface area contributed by atoms with E-state index in [0.717, 1.165) is 61.0 Å². The fourth-order valence-corrected chi connectivity index (χ4v) is 12.5. The lowest BCUT2D eigenvalue weighted by Gasteiger charge is -2.14. The molecule has 0 aliphatic carbocycles. The Hall–Kier alpha value is -9.96. The summed E-state index contributed by atoms with van der Waals surface area (Å²) in [6, 6.07) is 97.8. The molecule has 0 amide bonds. The first-order chi connectivity index (χ1) is 37.2. The molecule has 0 aliphatic heterocycles. The molecule has 3 heteroatoms. The SMILES string of the molecule is c1ccc(-n2c3ccccc3c3cc(-c4ccc5c(c4)c4ccccc4n5-c4cc(-c5cccc(-c6cccc(-c7ccc8c9ccccc9c9ccccc9c8c7)c6)c5)c5c(c4)oc4ccccc45)ccc32)cc1. The molecule has 3 aromatic heterocycles. The molecule has 3 nitrogen and oxygen atoms in total. The number of hydrogen-bond donors (Lipinski definition) is 0. The lowest BCUT2D eigenvalue weighted by atomic mass is 9.91. The van der Waals surface area contributed by atoms with Gasteiger partial charge in [-0.25, -0.2) is 0 Å². The summed E-state index contributed by atoms with van der Waals surface area (Å²) in [4.78, 5) is 0. The third-order valence-electron chi connectivity index (χ3n) is 15.9. The van der Waals surface area contributed by atoms with E-state index < -0.39 is 0 Å². The highest BCUT2D eigenvalue weighted by Gasteiger charge is 2.21. The van der Waals surface area contributed by atoms with Crippen LogP contribution in [-0.4, -0.2) is 9.13 Å². The first kappa shape index (κ1) is 41.6. The number of fused-ring (bicyclic) bond motifs is 15. The molecule has 75 heavy (non-hydrogen) atoms. The van der Waals surface area contributed by atoms with Crippen molar-refractivity contribution in [1.29, 1.82) is 0 Å². The maximum Gasteiger partial charge on any atom is 0.138 e. The lowest BCUT2D eigenvalue weighted by molar-refractivity contribution is 0.668. The van der Waals surface area contributed by atoms with E-state index in [2.05, 4.69) is 276 Å². The van der Waals surface area contributed by atoms with E-state index in [9.17, 15) is 0 Å². The summed E-state index contributed by atoms with van der Waals surface area (Å²) in [6.07, 6.45) is 0. The molecule has 13 aromatic carbocycles. The van der Waals surface area contributed by atoms with E-state index in [1.54, 1.807) is 0 Å². The van der Waals surface area contributed by atoms with Gasteiger partial charge in [0.05, 0.1) is 27.8 Å². The molecule has 16 rings (SSSR count). The van der Waals surface area contributed by atoms with Crippen LogP contribution < -0.4 is 0 Å². The second-order valence-electron chi connectivity index (χ2n) is 20.0. The van der Waals surface area contributed by atoms with Crippen LogP contribution in [0.25, 0.3) is 154 Å². The lowest BCUT2D eigenvalue weighted by Crippen LogP contribution is -1.95. The minimum Gasteiger partial charge on any atom is -0.456 e. The third-order valence-corrected chi connectivity index (χ3v) is 15.9. The normalized spacial score (nSPS) is 12.0. The first-order valence-corrected chi connectivity index (χ1v) is 25.8. The molecule has 348 valence electrons. The molecular weight excluding hydrogens is 909 g/mol. The van der Waals surface area contributed by atoms with Crippen LogP contribution in [0.5, 0.6) is 0 Å². The van der Waals surface area contributed by atoms with E-state index in [4.69, 9.17) is 4.42 Å². The van der Waals surface area contributed by atoms with Gasteiger partial charge in [0.1, 0.15) is 11.2 Å². The number of furan rings is 1. The summed E-state index contributed by atoms with van der Waals surface area (Å²) in [6.45, 7) is 0. The van der Waals surface area contributed by atoms with Gasteiger partial charge in [0.25, 0.3) is 0 Å². The Bertz CT molecular complexity index is 4980. The smallest absolute Gasteiger partial charge is 0.138 e. The zero-order valence-electron chi connectivity index (χ0n) is 40.7. The topological polar surface area (TPSA) is 23.0 Å². The maximum atomic E-state index is 6.80. The van der Waals surface area contributed by atoms with Gasteiger partial charge in [-0.3, -0.25) is 0 Å². The van der Waals surface area contributed by atoms with Crippen LogP contribution in [0.15, 0.2) is 271 Å². The highest BCUT2D eigenvalue weighted by atomic mass is 16.3. The van der Waals surface area contributed by atoms with Crippen molar-refractivity contribution in [2.24, 2.45) is 0 Å². The standard InChI is InChI=1S/C72H44N2O/c1-2-20-52(21-3-1)73-66-29-11-8-26-59(66)64-41-49(33-36-68(64)73)50-34-37-69-65(42-50)60-27-9-12-30-67(60)74(69)53-43-62(72-61-28-10-13-31-70(61)75-71(72)44-53)51-19-15-18-47(39-51)45-16-14-17-46(38-45)48-32-35-58-56-24-5-4-22-54(56)55-23-6-7-25-57(55)63(58)40-48/h1-44H. The summed E-state index contributed by atoms with van der Waals surface area (Å²) in [7, 11) is 0. The van der Waals surface area contributed by atoms with Crippen LogP contribution >= 0.6 is 0 Å². The molecule has 0 atom stereocenters. The van der Waals surface area contributed by atoms with E-state index >= 15 is 0 Å². The first-order valence-electron chi connectivity index (χ1n) is 25.8. The Morgan fingerprint density at radius 1 is 0.213 bits per heavy atom. The van der Waals surface area contributed by atoms with Crippen molar-refractivity contribution >= 4 is 97.9 Å². The molecule has 0 spiro atoms. The minimum atomic E-state index is 0.859. The fraction of sp³-hybridized carbons (Fsp3) is 0. The summed E-state index contributed by atoms with van der Waals surface area (Å²) >= 11 is 0. The molecule has 0 radical (unpaired) electrons. The van der Waals surface area contributed by atoms with Gasteiger partial charge >= 0.3 is 0 Å². The number of benzene rings is 13. The van der Waals surface area contributed by atoms with Gasteiger partial charge in [0, 0.05) is 44.1 Å². The van der Waals surface area contributed by atoms with E-state index in [0.29, 0.717) is 0 Å². The van der Waals surface area contributed by atoms with Crippen LogP contribution in [0, 0.1) is 0 Å². The maximum absolute atomic E-state index is 6.80. The molecule has 0 saturated heterocycles. The minimum absolute atomic E-state index is 0.859. The van der Waals surface area contributed by atoms with Crippen molar-refractivity contribution in [3.63, 3.8) is 0 Å². The summed E-state index contributed by atoms with van der Waals surface area (Å²) in [5.41, 5.74) is 18.0. The number of rotatable bonds is 6. The Balaban J connectivity index is 0.828. The Morgan fingerprint density at radius 3 is 1.23 bits per heavy atom. The second-order valence-corrected chi connectivity index (χ2v) is 20.0. The highest BCUT2D eigenvalue weighted by molar-refractivity contribution is 6.26. The summed E-state index contributed by atoms with van der Waals surface area (Å²) in [5, 5.41) is 14.8. The highest BCUT2D eigenvalue weighted by Crippen LogP contribution is 2.44. The summed E-state index contributed by atoms with van der Waals surface area (Å²) in [5.74, 6) is 0. The van der Waals surface area contributed by atoms with Gasteiger partial charge < -0.3 is 13.6 Å². The van der Waals surface area contributed by atoms with Gasteiger partial charge in [0.2, 0.25) is 0 Å². The molecule has 0 saturated carbocycles. The predicted octanol–water partition coefficient (Wildman–Crippen LogP) is 19.9. The van der Waals surface area contributed by atoms with Crippen molar-refractivity contribution in [2.75, 3.05) is 0 Å². The van der Waals surface area contributed by atoms with Crippen LogP contribution in [0.4, 0.5) is 0 Å². The predicted molar refractivity (Wildman–Crippen MR) is 317 cm³/mol. The number of hydrogen-bond acceptors (Lipinski definition) is 1. The quantitative estimate of drug-likeness (QED) is 0.152. The average molecular weight is 953 g/mol. The molecular formula is C72H44N2O. The van der Waals surface area contributed by atoms with Crippen molar-refractivity contribution < 1.29 is 4.42 Å². The molecule has 16 aromatic rings. The summed E-state index contributed by atoms with van der Waals surface area (Å²) < 4.78 is 11.6. The third kappa shape index (κ3) is 6.41. The Kier molecular flexibility index (Phi) is 9.04. The van der Waals surface area contributed by atoms with Crippen LogP contribution in [0.2, 0.25) is 0 Å². The number of para-hydroxylation sites is 4. The van der Waals surface area contributed by atoms with Gasteiger partial charge in [-0.2, -0.15) is 0 Å². The molecule has 0 bridgehead atoms. The van der Waals surface area contributed by atoms with Gasteiger partial charge in [0.15, 0.2) is 0 Å². The van der Waals surface area contributed by atoms with Crippen molar-refractivity contribution in [2.45, 2.75) is 0 Å². The molecule has 3 heterocycles. The van der Waals surface area contributed by atoms with Crippen LogP contribution in [-0.2, 0) is 0 Å². The molecule has 0 N–H and O–H groups in total. The van der Waals surface area contributed by atoms with Crippen molar-refractivity contribution in [3.8, 4) is 55.9 Å². The zero-order chi connectivity index (χ0) is 49.1. The van der Waals surface area contributed by atoms with Crippen LogP contribution in [0.1, 0.15) is 0 Å². The largest absolute Gasteiger partial charge is 0.456 e. The van der Waals surface area contributed by atoms with E-state index in [-0.39, 0.29) is 0 Å². The van der Waals surface area contributed by atoms with Gasteiger partial charge in [-0.05, 0) is 156 Å². The zero-order valence-corrected chi connectivity index (χ0v) is 40.7. The van der Waals surface area contributed by atoms with Gasteiger partial charge in [-0.1, -0.05) is 182 Å². The van der Waals surface area contributed by atoms with Crippen LogP contribution in [0.3, 0.4) is 0 Å². The molecule has 0 fully saturated rings. The second kappa shape index (κ2) is 16.3. The Labute approximate surface area is 432 Å². The number of aromatic nitrogens is 2. The average Bonchev–Trinajstić information content (AvgIpc) is 4.15.